The van der Waals surface area contributed by atoms with Gasteiger partial charge in [-0.1, -0.05) is 12.8 Å². The molecular formula is C18H26N4O2. The number of carbonyl (C=O) groups is 1. The van der Waals surface area contributed by atoms with E-state index < -0.39 is 5.97 Å². The summed E-state index contributed by atoms with van der Waals surface area (Å²) in [5.41, 5.74) is 1.95. The number of anilines is 1. The van der Waals surface area contributed by atoms with Gasteiger partial charge in [0.25, 0.3) is 0 Å². The van der Waals surface area contributed by atoms with Gasteiger partial charge in [0.05, 0.1) is 16.6 Å². The molecular weight excluding hydrogens is 304 g/mol. The Balaban J connectivity index is 1.73. The Labute approximate surface area is 142 Å². The molecule has 0 saturated heterocycles. The molecule has 0 radical (unpaired) electrons. The smallest absolute Gasteiger partial charge is 0.335 e. The van der Waals surface area contributed by atoms with Crippen LogP contribution in [-0.2, 0) is 7.05 Å². The summed E-state index contributed by atoms with van der Waals surface area (Å²) in [6, 6.07) is 5.81. The Hall–Kier alpha value is -2.08. The normalized spacial score (nSPS) is 15.5. The van der Waals surface area contributed by atoms with E-state index in [1.165, 1.54) is 25.7 Å². The standard InChI is InChI=1S/C18H26N4O2/c1-20(14-6-4-5-7-14)10-11-21(2)18-19-15-12-13(17(23)24)8-9-16(15)22(18)3/h8-9,12,14H,4-7,10-11H2,1-3H3,(H,23,24). The third kappa shape index (κ3) is 3.24. The molecule has 0 bridgehead atoms. The molecule has 1 N–H and O–H groups in total. The van der Waals surface area contributed by atoms with Crippen molar-refractivity contribution in [1.82, 2.24) is 14.5 Å². The molecule has 1 aliphatic rings. The fourth-order valence-electron chi connectivity index (χ4n) is 3.60. The Bertz CT molecular complexity index is 734. The maximum absolute atomic E-state index is 11.1. The Morgan fingerprint density at radius 3 is 2.67 bits per heavy atom. The van der Waals surface area contributed by atoms with Crippen molar-refractivity contribution in [2.75, 3.05) is 32.1 Å². The van der Waals surface area contributed by atoms with Crippen LogP contribution in [0.5, 0.6) is 0 Å². The van der Waals surface area contributed by atoms with Crippen molar-refractivity contribution in [3.8, 4) is 0 Å². The van der Waals surface area contributed by atoms with E-state index in [2.05, 4.69) is 21.8 Å². The highest BCUT2D eigenvalue weighted by atomic mass is 16.4. The molecule has 0 amide bonds. The number of aryl methyl sites for hydroxylation is 1. The van der Waals surface area contributed by atoms with Crippen LogP contribution in [0.1, 0.15) is 36.0 Å². The molecule has 0 spiro atoms. The molecule has 6 heteroatoms. The highest BCUT2D eigenvalue weighted by molar-refractivity contribution is 5.93. The summed E-state index contributed by atoms with van der Waals surface area (Å²) in [5, 5.41) is 9.13. The summed E-state index contributed by atoms with van der Waals surface area (Å²) >= 11 is 0. The molecule has 130 valence electrons. The largest absolute Gasteiger partial charge is 0.478 e. The minimum atomic E-state index is -0.921. The lowest BCUT2D eigenvalue weighted by Gasteiger charge is -2.27. The molecule has 0 atom stereocenters. The van der Waals surface area contributed by atoms with Crippen molar-refractivity contribution >= 4 is 23.0 Å². The van der Waals surface area contributed by atoms with Crippen LogP contribution >= 0.6 is 0 Å². The zero-order valence-electron chi connectivity index (χ0n) is 14.7. The number of aromatic nitrogens is 2. The summed E-state index contributed by atoms with van der Waals surface area (Å²) in [5.74, 6) is -0.0528. The van der Waals surface area contributed by atoms with E-state index in [9.17, 15) is 4.79 Å². The Morgan fingerprint density at radius 2 is 2.00 bits per heavy atom. The number of hydrogen-bond donors (Lipinski definition) is 1. The summed E-state index contributed by atoms with van der Waals surface area (Å²) in [7, 11) is 6.22. The number of imidazole rings is 1. The Kier molecular flexibility index (Phi) is 4.76. The van der Waals surface area contributed by atoms with Gasteiger partial charge in [-0.05, 0) is 38.1 Å². The van der Waals surface area contributed by atoms with Crippen molar-refractivity contribution in [1.29, 1.82) is 0 Å². The molecule has 1 aromatic carbocycles. The molecule has 0 unspecified atom stereocenters. The number of nitrogens with zero attached hydrogens (tertiary/aromatic N) is 4. The van der Waals surface area contributed by atoms with E-state index in [0.29, 0.717) is 0 Å². The first-order chi connectivity index (χ1) is 11.5. The number of aromatic carboxylic acids is 1. The monoisotopic (exact) mass is 330 g/mol. The van der Waals surface area contributed by atoms with Crippen LogP contribution in [0.4, 0.5) is 5.95 Å². The zero-order chi connectivity index (χ0) is 17.3. The lowest BCUT2D eigenvalue weighted by molar-refractivity contribution is 0.0697. The summed E-state index contributed by atoms with van der Waals surface area (Å²) < 4.78 is 2.02. The molecule has 6 nitrogen and oxygen atoms in total. The first kappa shape index (κ1) is 16.8. The lowest BCUT2D eigenvalue weighted by Crippen LogP contribution is -2.36. The summed E-state index contributed by atoms with van der Waals surface area (Å²) in [6.45, 7) is 1.90. The predicted molar refractivity (Wildman–Crippen MR) is 95.8 cm³/mol. The molecule has 0 aliphatic heterocycles. The van der Waals surface area contributed by atoms with Crippen molar-refractivity contribution in [2.24, 2.45) is 7.05 Å². The van der Waals surface area contributed by atoms with Gasteiger partial charge in [-0.3, -0.25) is 0 Å². The van der Waals surface area contributed by atoms with Gasteiger partial charge in [-0.25, -0.2) is 9.78 Å². The molecule has 24 heavy (non-hydrogen) atoms. The van der Waals surface area contributed by atoms with E-state index in [1.807, 2.05) is 24.7 Å². The minimum absolute atomic E-state index is 0.274. The molecule has 1 aliphatic carbocycles. The molecule has 1 fully saturated rings. The number of benzene rings is 1. The SMILES string of the molecule is CN(CCN(C)C1CCCC1)c1nc2cc(C(=O)O)ccc2n1C. The average molecular weight is 330 g/mol. The fourth-order valence-corrected chi connectivity index (χ4v) is 3.60. The number of hydrogen-bond acceptors (Lipinski definition) is 4. The van der Waals surface area contributed by atoms with Crippen LogP contribution in [0.3, 0.4) is 0 Å². The van der Waals surface area contributed by atoms with Gasteiger partial charge in [0.1, 0.15) is 0 Å². The summed E-state index contributed by atoms with van der Waals surface area (Å²) in [6.07, 6.45) is 5.32. The molecule has 2 aromatic rings. The number of fused-ring (bicyclic) bond motifs is 1. The van der Waals surface area contributed by atoms with Crippen LogP contribution in [0.25, 0.3) is 11.0 Å². The third-order valence-corrected chi connectivity index (χ3v) is 5.18. The van der Waals surface area contributed by atoms with Crippen LogP contribution < -0.4 is 4.90 Å². The molecule has 1 heterocycles. The zero-order valence-corrected chi connectivity index (χ0v) is 14.7. The van der Waals surface area contributed by atoms with Crippen molar-refractivity contribution in [3.63, 3.8) is 0 Å². The Morgan fingerprint density at radius 1 is 1.29 bits per heavy atom. The molecule has 1 aromatic heterocycles. The average Bonchev–Trinajstić information content (AvgIpc) is 3.20. The van der Waals surface area contributed by atoms with Gasteiger partial charge in [-0.15, -0.1) is 0 Å². The second-order valence-corrected chi connectivity index (χ2v) is 6.82. The first-order valence-corrected chi connectivity index (χ1v) is 8.58. The van der Waals surface area contributed by atoms with E-state index in [1.54, 1.807) is 12.1 Å². The maximum Gasteiger partial charge on any atom is 0.335 e. The lowest BCUT2D eigenvalue weighted by atomic mass is 10.2. The number of likely N-dealkylation sites (N-methyl/N-ethyl adjacent to an activating group) is 2. The maximum atomic E-state index is 11.1. The van der Waals surface area contributed by atoms with Gasteiger partial charge < -0.3 is 19.5 Å². The van der Waals surface area contributed by atoms with Crippen molar-refractivity contribution in [2.45, 2.75) is 31.7 Å². The van der Waals surface area contributed by atoms with E-state index in [-0.39, 0.29) is 5.56 Å². The predicted octanol–water partition coefficient (Wildman–Crippen LogP) is 2.58. The van der Waals surface area contributed by atoms with Gasteiger partial charge in [0.15, 0.2) is 0 Å². The number of rotatable bonds is 6. The van der Waals surface area contributed by atoms with E-state index in [4.69, 9.17) is 5.11 Å². The van der Waals surface area contributed by atoms with E-state index in [0.717, 1.165) is 36.1 Å². The van der Waals surface area contributed by atoms with Crippen LogP contribution in [0.15, 0.2) is 18.2 Å². The van der Waals surface area contributed by atoms with Crippen molar-refractivity contribution < 1.29 is 9.90 Å². The fraction of sp³-hybridized carbons (Fsp3) is 0.556. The van der Waals surface area contributed by atoms with Gasteiger partial charge >= 0.3 is 5.97 Å². The number of carboxylic acid groups (broad SMARTS) is 1. The summed E-state index contributed by atoms with van der Waals surface area (Å²) in [4.78, 5) is 20.4. The molecule has 3 rings (SSSR count). The van der Waals surface area contributed by atoms with Gasteiger partial charge in [-0.2, -0.15) is 0 Å². The minimum Gasteiger partial charge on any atom is -0.478 e. The first-order valence-electron chi connectivity index (χ1n) is 8.58. The van der Waals surface area contributed by atoms with Gasteiger partial charge in [0.2, 0.25) is 5.95 Å². The van der Waals surface area contributed by atoms with Crippen LogP contribution in [0, 0.1) is 0 Å². The van der Waals surface area contributed by atoms with E-state index >= 15 is 0 Å². The highest BCUT2D eigenvalue weighted by Gasteiger charge is 2.20. The second kappa shape index (κ2) is 6.81. The van der Waals surface area contributed by atoms with Gasteiger partial charge in [0, 0.05) is 33.2 Å². The van der Waals surface area contributed by atoms with Crippen LogP contribution in [0.2, 0.25) is 0 Å². The second-order valence-electron chi connectivity index (χ2n) is 6.82. The van der Waals surface area contributed by atoms with Crippen LogP contribution in [-0.4, -0.2) is 58.8 Å². The third-order valence-electron chi connectivity index (χ3n) is 5.18. The quantitative estimate of drug-likeness (QED) is 0.882. The van der Waals surface area contributed by atoms with Crippen molar-refractivity contribution in [3.05, 3.63) is 23.8 Å². The topological polar surface area (TPSA) is 61.6 Å². The highest BCUT2D eigenvalue weighted by Crippen LogP contribution is 2.24. The molecule has 1 saturated carbocycles. The number of carboxylic acids is 1.